The summed E-state index contributed by atoms with van der Waals surface area (Å²) in [4.78, 5) is 0. The van der Waals surface area contributed by atoms with Crippen LogP contribution in [0.5, 0.6) is 0 Å². The summed E-state index contributed by atoms with van der Waals surface area (Å²) < 4.78 is 0. The number of nitrogens with two attached hydrogens (primary N) is 1. The summed E-state index contributed by atoms with van der Waals surface area (Å²) in [5, 5.41) is 0. The van der Waals surface area contributed by atoms with E-state index >= 15 is 0 Å². The molecule has 0 saturated heterocycles. The molecule has 0 bridgehead atoms. The van der Waals surface area contributed by atoms with Gasteiger partial charge in [-0.25, -0.2) is 0 Å². The van der Waals surface area contributed by atoms with Crippen molar-refractivity contribution in [2.45, 2.75) is 39.0 Å². The largest absolute Gasteiger partial charge is 0.330 e. The van der Waals surface area contributed by atoms with Crippen LogP contribution >= 0.6 is 0 Å². The van der Waals surface area contributed by atoms with Crippen LogP contribution in [0.3, 0.4) is 0 Å². The van der Waals surface area contributed by atoms with E-state index in [1.54, 1.807) is 0 Å². The Bertz CT molecular complexity index is 180. The van der Waals surface area contributed by atoms with Crippen molar-refractivity contribution in [3.8, 4) is 12.3 Å². The summed E-state index contributed by atoms with van der Waals surface area (Å²) in [5.41, 5.74) is 5.76. The lowest BCUT2D eigenvalue weighted by molar-refractivity contribution is 0.185. The lowest BCUT2D eigenvalue weighted by Crippen LogP contribution is -2.29. The molecule has 0 aliphatic heterocycles. The highest BCUT2D eigenvalue weighted by Crippen LogP contribution is 2.35. The van der Waals surface area contributed by atoms with Gasteiger partial charge in [0.15, 0.2) is 0 Å². The zero-order valence-corrected chi connectivity index (χ0v) is 8.63. The van der Waals surface area contributed by atoms with Crippen molar-refractivity contribution >= 4 is 0 Å². The third kappa shape index (κ3) is 3.04. The van der Waals surface area contributed by atoms with Crippen molar-refractivity contribution in [2.75, 3.05) is 6.54 Å². The van der Waals surface area contributed by atoms with Crippen LogP contribution in [0.25, 0.3) is 0 Å². The first-order valence-corrected chi connectivity index (χ1v) is 5.41. The van der Waals surface area contributed by atoms with Crippen molar-refractivity contribution in [3.05, 3.63) is 0 Å². The Labute approximate surface area is 82.1 Å². The van der Waals surface area contributed by atoms with E-state index in [1.807, 2.05) is 0 Å². The van der Waals surface area contributed by atoms with Gasteiger partial charge in [0.1, 0.15) is 0 Å². The van der Waals surface area contributed by atoms with Gasteiger partial charge in [-0.3, -0.25) is 0 Å². The third-order valence-corrected chi connectivity index (χ3v) is 3.36. The topological polar surface area (TPSA) is 26.0 Å². The molecule has 0 aromatic carbocycles. The molecule has 1 nitrogen and oxygen atoms in total. The zero-order valence-electron chi connectivity index (χ0n) is 8.63. The van der Waals surface area contributed by atoms with Crippen molar-refractivity contribution in [1.82, 2.24) is 0 Å². The van der Waals surface area contributed by atoms with Crippen molar-refractivity contribution in [3.63, 3.8) is 0 Å². The van der Waals surface area contributed by atoms with Crippen LogP contribution in [-0.2, 0) is 0 Å². The van der Waals surface area contributed by atoms with Gasteiger partial charge in [-0.05, 0) is 43.6 Å². The van der Waals surface area contributed by atoms with E-state index in [-0.39, 0.29) is 0 Å². The molecular formula is C12H21N. The third-order valence-electron chi connectivity index (χ3n) is 3.36. The molecule has 3 atom stereocenters. The smallest absolute Gasteiger partial charge is 0.00888 e. The van der Waals surface area contributed by atoms with Crippen LogP contribution < -0.4 is 5.73 Å². The van der Waals surface area contributed by atoms with Crippen LogP contribution in [0, 0.1) is 30.1 Å². The first kappa shape index (κ1) is 10.6. The van der Waals surface area contributed by atoms with Gasteiger partial charge >= 0.3 is 0 Å². The number of hydrogen-bond acceptors (Lipinski definition) is 1. The van der Waals surface area contributed by atoms with E-state index < -0.39 is 0 Å². The predicted molar refractivity (Wildman–Crippen MR) is 57.1 cm³/mol. The summed E-state index contributed by atoms with van der Waals surface area (Å²) in [6, 6.07) is 0. The Hall–Kier alpha value is -0.480. The van der Waals surface area contributed by atoms with E-state index in [9.17, 15) is 0 Å². The quantitative estimate of drug-likeness (QED) is 0.661. The highest BCUT2D eigenvalue weighted by molar-refractivity contribution is 4.87. The summed E-state index contributed by atoms with van der Waals surface area (Å²) in [6.45, 7) is 3.19. The number of rotatable bonds is 3. The van der Waals surface area contributed by atoms with Crippen LogP contribution in [0.2, 0.25) is 0 Å². The standard InChI is InChI=1S/C12H21N/c1-3-4-5-11-8-10(2)6-7-12(11)9-13/h1,10-12H,4-9,13H2,2H3. The minimum Gasteiger partial charge on any atom is -0.330 e. The molecule has 0 aromatic heterocycles. The molecule has 0 spiro atoms. The number of hydrogen-bond donors (Lipinski definition) is 1. The van der Waals surface area contributed by atoms with E-state index in [0.29, 0.717) is 0 Å². The molecule has 1 aliphatic carbocycles. The molecule has 0 amide bonds. The Morgan fingerprint density at radius 3 is 2.77 bits per heavy atom. The van der Waals surface area contributed by atoms with Crippen LogP contribution in [0.1, 0.15) is 39.0 Å². The molecule has 0 heterocycles. The van der Waals surface area contributed by atoms with E-state index in [4.69, 9.17) is 12.2 Å². The lowest BCUT2D eigenvalue weighted by atomic mass is 9.73. The molecule has 3 unspecified atom stereocenters. The minimum absolute atomic E-state index is 0.740. The summed E-state index contributed by atoms with van der Waals surface area (Å²) >= 11 is 0. The first-order valence-electron chi connectivity index (χ1n) is 5.41. The fourth-order valence-corrected chi connectivity index (χ4v) is 2.49. The van der Waals surface area contributed by atoms with E-state index in [0.717, 1.165) is 30.7 Å². The molecule has 1 fully saturated rings. The van der Waals surface area contributed by atoms with Gasteiger partial charge in [-0.2, -0.15) is 0 Å². The maximum atomic E-state index is 5.76. The SMILES string of the molecule is C#CCCC1CC(C)CCC1CN. The normalized spacial score (nSPS) is 34.1. The second-order valence-electron chi connectivity index (χ2n) is 4.42. The second kappa shape index (κ2) is 5.29. The van der Waals surface area contributed by atoms with Crippen LogP contribution in [0.15, 0.2) is 0 Å². The molecule has 1 aliphatic rings. The highest BCUT2D eigenvalue weighted by atomic mass is 14.6. The van der Waals surface area contributed by atoms with Gasteiger partial charge in [0.25, 0.3) is 0 Å². The average Bonchev–Trinajstić information content (AvgIpc) is 2.15. The van der Waals surface area contributed by atoms with Crippen LogP contribution in [0.4, 0.5) is 0 Å². The molecule has 2 N–H and O–H groups in total. The van der Waals surface area contributed by atoms with Gasteiger partial charge in [0.2, 0.25) is 0 Å². The van der Waals surface area contributed by atoms with Crippen molar-refractivity contribution in [1.29, 1.82) is 0 Å². The minimum atomic E-state index is 0.740. The first-order chi connectivity index (χ1) is 6.27. The predicted octanol–water partition coefficient (Wildman–Crippen LogP) is 2.41. The maximum absolute atomic E-state index is 5.76. The second-order valence-corrected chi connectivity index (χ2v) is 4.42. The molecule has 1 saturated carbocycles. The van der Waals surface area contributed by atoms with Crippen molar-refractivity contribution in [2.24, 2.45) is 23.5 Å². The highest BCUT2D eigenvalue weighted by Gasteiger charge is 2.26. The van der Waals surface area contributed by atoms with Gasteiger partial charge in [0, 0.05) is 6.42 Å². The number of terminal acetylenes is 1. The zero-order chi connectivity index (χ0) is 9.68. The Kier molecular flexibility index (Phi) is 4.32. The van der Waals surface area contributed by atoms with Gasteiger partial charge in [0.05, 0.1) is 0 Å². The Morgan fingerprint density at radius 1 is 1.38 bits per heavy atom. The Morgan fingerprint density at radius 2 is 2.15 bits per heavy atom. The maximum Gasteiger partial charge on any atom is 0.00888 e. The van der Waals surface area contributed by atoms with Gasteiger partial charge < -0.3 is 5.73 Å². The van der Waals surface area contributed by atoms with Crippen LogP contribution in [-0.4, -0.2) is 6.54 Å². The van der Waals surface area contributed by atoms with Gasteiger partial charge in [-0.1, -0.05) is 13.3 Å². The summed E-state index contributed by atoms with van der Waals surface area (Å²) in [5.74, 6) is 5.15. The van der Waals surface area contributed by atoms with Gasteiger partial charge in [-0.15, -0.1) is 12.3 Å². The molecule has 1 rings (SSSR count). The lowest BCUT2D eigenvalue weighted by Gasteiger charge is -2.34. The fraction of sp³-hybridized carbons (Fsp3) is 0.833. The fourth-order valence-electron chi connectivity index (χ4n) is 2.49. The molecule has 1 heteroatoms. The molecule has 0 radical (unpaired) electrons. The van der Waals surface area contributed by atoms with Crippen molar-refractivity contribution < 1.29 is 0 Å². The average molecular weight is 179 g/mol. The summed E-state index contributed by atoms with van der Waals surface area (Å²) in [6.07, 6.45) is 11.4. The monoisotopic (exact) mass is 179 g/mol. The molecule has 74 valence electrons. The van der Waals surface area contributed by atoms with E-state index in [1.165, 1.54) is 25.7 Å². The van der Waals surface area contributed by atoms with E-state index in [2.05, 4.69) is 12.8 Å². The Balaban J connectivity index is 2.41. The molecule has 13 heavy (non-hydrogen) atoms. The molecular weight excluding hydrogens is 158 g/mol. The summed E-state index contributed by atoms with van der Waals surface area (Å²) in [7, 11) is 0. The molecule has 0 aromatic rings.